The summed E-state index contributed by atoms with van der Waals surface area (Å²) in [6, 6.07) is 11.2. The van der Waals surface area contributed by atoms with Crippen LogP contribution in [0.2, 0.25) is 0 Å². The van der Waals surface area contributed by atoms with Crippen molar-refractivity contribution in [1.82, 2.24) is 25.5 Å². The van der Waals surface area contributed by atoms with Gasteiger partial charge < -0.3 is 20.1 Å². The van der Waals surface area contributed by atoms with E-state index in [1.54, 1.807) is 24.3 Å². The molecule has 0 bridgehead atoms. The van der Waals surface area contributed by atoms with Crippen molar-refractivity contribution < 1.29 is 23.2 Å². The summed E-state index contributed by atoms with van der Waals surface area (Å²) in [6.45, 7) is 0.575. The zero-order chi connectivity index (χ0) is 25.0. The SMILES string of the molecule is COP(=O)(O)c1ccc(CNc2n[nH]c3c(C(=O)NCc4ccc(F)c(CI)c4)ncnc23)cc1. The topological polar surface area (TPSA) is 142 Å². The number of H-pyrrole nitrogens is 1. The summed E-state index contributed by atoms with van der Waals surface area (Å²) in [5, 5.41) is 13.1. The summed E-state index contributed by atoms with van der Waals surface area (Å²) in [6.07, 6.45) is 1.28. The fourth-order valence-corrected chi connectivity index (χ4v) is 4.65. The zero-order valence-electron chi connectivity index (χ0n) is 18.5. The molecule has 0 aliphatic carbocycles. The minimum atomic E-state index is -3.80. The Bertz CT molecular complexity index is 1420. The molecule has 0 saturated heterocycles. The smallest absolute Gasteiger partial charge is 0.358 e. The second-order valence-electron chi connectivity index (χ2n) is 7.48. The summed E-state index contributed by atoms with van der Waals surface area (Å²) in [7, 11) is -2.62. The van der Waals surface area contributed by atoms with E-state index in [0.29, 0.717) is 33.4 Å². The van der Waals surface area contributed by atoms with Gasteiger partial charge in [-0.1, -0.05) is 46.9 Å². The van der Waals surface area contributed by atoms with Crippen molar-refractivity contribution in [2.75, 3.05) is 12.4 Å². The Morgan fingerprint density at radius 2 is 1.91 bits per heavy atom. The van der Waals surface area contributed by atoms with E-state index in [1.165, 1.54) is 31.6 Å². The largest absolute Gasteiger partial charge is 0.363 e. The molecule has 2 aromatic heterocycles. The highest BCUT2D eigenvalue weighted by Crippen LogP contribution is 2.39. The fourth-order valence-electron chi connectivity index (χ4n) is 3.33. The number of rotatable bonds is 9. The lowest BCUT2D eigenvalue weighted by atomic mass is 10.1. The van der Waals surface area contributed by atoms with Crippen LogP contribution in [0.1, 0.15) is 27.2 Å². The van der Waals surface area contributed by atoms with Crippen LogP contribution in [0.25, 0.3) is 11.0 Å². The highest BCUT2D eigenvalue weighted by molar-refractivity contribution is 14.1. The van der Waals surface area contributed by atoms with Crippen LogP contribution in [0, 0.1) is 5.82 Å². The van der Waals surface area contributed by atoms with Crippen LogP contribution in [0.4, 0.5) is 10.2 Å². The first-order chi connectivity index (χ1) is 16.8. The summed E-state index contributed by atoms with van der Waals surface area (Å²) in [4.78, 5) is 30.8. The first kappa shape index (κ1) is 25.2. The summed E-state index contributed by atoms with van der Waals surface area (Å²) < 4.78 is 30.8. The molecule has 4 rings (SSSR count). The third kappa shape index (κ3) is 5.67. The predicted octanol–water partition coefficient (Wildman–Crippen LogP) is 3.43. The van der Waals surface area contributed by atoms with Gasteiger partial charge in [-0.15, -0.1) is 0 Å². The molecule has 10 nitrogen and oxygen atoms in total. The molecule has 0 radical (unpaired) electrons. The molecule has 0 aliphatic heterocycles. The van der Waals surface area contributed by atoms with Gasteiger partial charge in [0.1, 0.15) is 23.2 Å². The maximum atomic E-state index is 13.7. The molecular weight excluding hydrogens is 589 g/mol. The van der Waals surface area contributed by atoms with Crippen molar-refractivity contribution in [2.45, 2.75) is 17.5 Å². The van der Waals surface area contributed by atoms with Crippen molar-refractivity contribution in [2.24, 2.45) is 0 Å². The third-order valence-electron chi connectivity index (χ3n) is 5.24. The number of hydrogen-bond acceptors (Lipinski definition) is 7. The van der Waals surface area contributed by atoms with Gasteiger partial charge in [-0.05, 0) is 34.9 Å². The second kappa shape index (κ2) is 10.8. The number of carbonyl (C=O) groups is 1. The van der Waals surface area contributed by atoms with Gasteiger partial charge in [0, 0.05) is 24.6 Å². The third-order valence-corrected chi connectivity index (χ3v) is 7.51. The van der Waals surface area contributed by atoms with Gasteiger partial charge in [0.15, 0.2) is 11.5 Å². The van der Waals surface area contributed by atoms with E-state index in [4.69, 9.17) is 0 Å². The minimum absolute atomic E-state index is 0.134. The Kier molecular flexibility index (Phi) is 7.75. The predicted molar refractivity (Wildman–Crippen MR) is 137 cm³/mol. The number of hydrogen-bond donors (Lipinski definition) is 4. The fraction of sp³-hybridized carbons (Fsp3) is 0.182. The number of aromatic nitrogens is 4. The molecule has 4 aromatic rings. The summed E-state index contributed by atoms with van der Waals surface area (Å²) in [5.74, 6) is -0.269. The molecule has 2 aromatic carbocycles. The molecule has 0 saturated carbocycles. The van der Waals surface area contributed by atoms with E-state index in [-0.39, 0.29) is 23.4 Å². The molecule has 2 heterocycles. The average Bonchev–Trinajstić information content (AvgIpc) is 3.30. The molecule has 182 valence electrons. The number of halogens is 2. The lowest BCUT2D eigenvalue weighted by Crippen LogP contribution is -2.24. The van der Waals surface area contributed by atoms with Crippen LogP contribution < -0.4 is 15.9 Å². The van der Waals surface area contributed by atoms with Crippen LogP contribution in [-0.4, -0.2) is 38.1 Å². The summed E-state index contributed by atoms with van der Waals surface area (Å²) >= 11 is 2.09. The highest BCUT2D eigenvalue weighted by atomic mass is 127. The minimum Gasteiger partial charge on any atom is -0.363 e. The Morgan fingerprint density at radius 1 is 1.17 bits per heavy atom. The van der Waals surface area contributed by atoms with Crippen LogP contribution in [-0.2, 0) is 26.6 Å². The lowest BCUT2D eigenvalue weighted by Gasteiger charge is -2.10. The molecule has 1 amide bonds. The number of nitrogens with one attached hydrogen (secondary N) is 3. The number of nitrogens with zero attached hydrogens (tertiary/aromatic N) is 3. The Morgan fingerprint density at radius 3 is 2.63 bits per heavy atom. The Hall–Kier alpha value is -2.93. The quantitative estimate of drug-likeness (QED) is 0.128. The van der Waals surface area contributed by atoms with E-state index in [1.807, 2.05) is 0 Å². The Labute approximate surface area is 213 Å². The van der Waals surface area contributed by atoms with Gasteiger partial charge in [-0.3, -0.25) is 14.5 Å². The number of carbonyl (C=O) groups excluding carboxylic acids is 1. The number of alkyl halides is 1. The summed E-state index contributed by atoms with van der Waals surface area (Å²) in [5.41, 5.74) is 3.13. The first-order valence-corrected chi connectivity index (χ1v) is 13.4. The molecule has 0 spiro atoms. The normalized spacial score (nSPS) is 12.9. The number of aromatic amines is 1. The van der Waals surface area contributed by atoms with Gasteiger partial charge in [0.05, 0.1) is 5.30 Å². The van der Waals surface area contributed by atoms with E-state index in [2.05, 4.69) is 57.9 Å². The maximum Gasteiger partial charge on any atom is 0.358 e. The number of fused-ring (bicyclic) bond motifs is 1. The van der Waals surface area contributed by atoms with Gasteiger partial charge in [0.2, 0.25) is 0 Å². The average molecular weight is 610 g/mol. The maximum absolute atomic E-state index is 13.7. The number of benzene rings is 2. The molecule has 0 aliphatic rings. The van der Waals surface area contributed by atoms with E-state index in [9.17, 15) is 18.6 Å². The molecule has 0 fully saturated rings. The number of amides is 1. The van der Waals surface area contributed by atoms with Gasteiger partial charge in [-0.2, -0.15) is 5.10 Å². The van der Waals surface area contributed by atoms with Crippen LogP contribution in [0.3, 0.4) is 0 Å². The van der Waals surface area contributed by atoms with E-state index < -0.39 is 13.5 Å². The van der Waals surface area contributed by atoms with Crippen molar-refractivity contribution in [3.8, 4) is 0 Å². The molecule has 1 unspecified atom stereocenters. The van der Waals surface area contributed by atoms with Crippen LogP contribution in [0.5, 0.6) is 0 Å². The molecule has 1 atom stereocenters. The van der Waals surface area contributed by atoms with Crippen LogP contribution >= 0.6 is 30.2 Å². The molecule has 4 N–H and O–H groups in total. The highest BCUT2D eigenvalue weighted by Gasteiger charge is 2.20. The van der Waals surface area contributed by atoms with Crippen LogP contribution in [0.15, 0.2) is 48.8 Å². The monoisotopic (exact) mass is 610 g/mol. The number of anilines is 1. The van der Waals surface area contributed by atoms with Gasteiger partial charge >= 0.3 is 7.60 Å². The van der Waals surface area contributed by atoms with Crippen molar-refractivity contribution in [1.29, 1.82) is 0 Å². The first-order valence-electron chi connectivity index (χ1n) is 10.3. The Balaban J connectivity index is 1.45. The van der Waals surface area contributed by atoms with Crippen molar-refractivity contribution >= 4 is 58.2 Å². The molecule has 13 heteroatoms. The molecule has 35 heavy (non-hydrogen) atoms. The van der Waals surface area contributed by atoms with E-state index >= 15 is 0 Å². The van der Waals surface area contributed by atoms with Gasteiger partial charge in [-0.25, -0.2) is 14.4 Å². The lowest BCUT2D eigenvalue weighted by molar-refractivity contribution is 0.0947. The second-order valence-corrected chi connectivity index (χ2v) is 10.2. The van der Waals surface area contributed by atoms with E-state index in [0.717, 1.165) is 11.1 Å². The molecular formula is C22H21FIN6O4P. The van der Waals surface area contributed by atoms with Crippen molar-refractivity contribution in [3.63, 3.8) is 0 Å². The van der Waals surface area contributed by atoms with Gasteiger partial charge in [0.25, 0.3) is 5.91 Å². The zero-order valence-corrected chi connectivity index (χ0v) is 21.5. The standard InChI is InChI=1S/C22H21FIN6O4P/c1-34-35(32,33)16-5-2-13(3-6-16)10-25-21-19-18(29-30-21)20(28-12-27-19)22(31)26-11-14-4-7-17(23)15(8-14)9-24/h2-8,12H,9-11H2,1H3,(H,26,31)(H,32,33)(H2,25,29,30). The van der Waals surface area contributed by atoms with Crippen molar-refractivity contribution in [3.05, 3.63) is 77.0 Å².